The first-order valence-corrected chi connectivity index (χ1v) is 5.83. The predicted octanol–water partition coefficient (Wildman–Crippen LogP) is 0.470. The summed E-state index contributed by atoms with van der Waals surface area (Å²) >= 11 is 0. The van der Waals surface area contributed by atoms with Gasteiger partial charge in [-0.3, -0.25) is 4.18 Å². The van der Waals surface area contributed by atoms with Crippen LogP contribution in [0, 0.1) is 0 Å². The average molecular weight is 222 g/mol. The van der Waals surface area contributed by atoms with E-state index in [1.165, 1.54) is 6.92 Å². The lowest BCUT2D eigenvalue weighted by Crippen LogP contribution is -2.22. The third-order valence-electron chi connectivity index (χ3n) is 1.35. The molecule has 0 aromatic rings. The van der Waals surface area contributed by atoms with Gasteiger partial charge in [-0.2, -0.15) is 8.42 Å². The molecule has 0 radical (unpaired) electrons. The summed E-state index contributed by atoms with van der Waals surface area (Å²) in [6, 6.07) is 0. The Morgan fingerprint density at radius 1 is 1.50 bits per heavy atom. The van der Waals surface area contributed by atoms with Crippen molar-refractivity contribution in [2.75, 3.05) is 12.9 Å². The fourth-order valence-corrected chi connectivity index (χ4v) is 1.35. The molecule has 0 saturated carbocycles. The second-order valence-corrected chi connectivity index (χ2v) is 4.29. The molecule has 0 fully saturated rings. The number of carbonyl (C=O) groups excluding carboxylic acids is 1. The van der Waals surface area contributed by atoms with E-state index in [9.17, 15) is 13.2 Å². The summed E-state index contributed by atoms with van der Waals surface area (Å²) in [6.07, 6.45) is 0.00567. The second-order valence-electron chi connectivity index (χ2n) is 2.69. The van der Waals surface area contributed by atoms with Crippen molar-refractivity contribution in [3.63, 3.8) is 0 Å². The van der Waals surface area contributed by atoms with E-state index in [1.807, 2.05) is 0 Å². The van der Waals surface area contributed by atoms with Crippen molar-refractivity contribution in [3.05, 3.63) is 12.2 Å². The number of hydrogen-bond acceptors (Lipinski definition) is 5. The lowest BCUT2D eigenvalue weighted by molar-refractivity contribution is -0.139. The van der Waals surface area contributed by atoms with Crippen LogP contribution in [0.2, 0.25) is 0 Å². The summed E-state index contributed by atoms with van der Waals surface area (Å²) in [5.74, 6) is -0.649. The molecule has 1 atom stereocenters. The number of hydrogen-bond donors (Lipinski definition) is 0. The fourth-order valence-electron chi connectivity index (χ4n) is 0.710. The molecule has 0 aliphatic carbocycles. The Balaban J connectivity index is 4.34. The SMILES string of the molecule is C=C(C(=O)OCC)C(C)OS(C)(=O)=O. The van der Waals surface area contributed by atoms with Crippen LogP contribution in [-0.4, -0.2) is 33.4 Å². The number of ether oxygens (including phenoxy) is 1. The van der Waals surface area contributed by atoms with Crippen LogP contribution in [-0.2, 0) is 23.8 Å². The third kappa shape index (κ3) is 4.98. The van der Waals surface area contributed by atoms with Crippen LogP contribution in [0.4, 0.5) is 0 Å². The van der Waals surface area contributed by atoms with E-state index in [2.05, 4.69) is 15.5 Å². The van der Waals surface area contributed by atoms with E-state index in [1.54, 1.807) is 6.92 Å². The number of carbonyl (C=O) groups is 1. The van der Waals surface area contributed by atoms with Gasteiger partial charge in [0, 0.05) is 0 Å². The highest BCUT2D eigenvalue weighted by Gasteiger charge is 2.19. The maximum Gasteiger partial charge on any atom is 0.336 e. The maximum absolute atomic E-state index is 11.1. The Kier molecular flexibility index (Phi) is 4.79. The molecule has 0 bridgehead atoms. The first-order valence-electron chi connectivity index (χ1n) is 4.02. The molecule has 0 aliphatic rings. The highest BCUT2D eigenvalue weighted by atomic mass is 32.2. The predicted molar refractivity (Wildman–Crippen MR) is 51.2 cm³/mol. The molecule has 0 aromatic heterocycles. The van der Waals surface area contributed by atoms with Crippen molar-refractivity contribution < 1.29 is 22.1 Å². The summed E-state index contributed by atoms with van der Waals surface area (Å²) < 4.78 is 30.6. The van der Waals surface area contributed by atoms with Gasteiger partial charge in [-0.15, -0.1) is 0 Å². The van der Waals surface area contributed by atoms with Gasteiger partial charge in [-0.1, -0.05) is 6.58 Å². The van der Waals surface area contributed by atoms with Crippen LogP contribution in [0.5, 0.6) is 0 Å². The normalized spacial score (nSPS) is 13.4. The quantitative estimate of drug-likeness (QED) is 0.384. The van der Waals surface area contributed by atoms with E-state index >= 15 is 0 Å². The van der Waals surface area contributed by atoms with Gasteiger partial charge in [0.15, 0.2) is 0 Å². The first-order chi connectivity index (χ1) is 6.28. The lowest BCUT2D eigenvalue weighted by Gasteiger charge is -2.12. The average Bonchev–Trinajstić information content (AvgIpc) is 2.00. The van der Waals surface area contributed by atoms with E-state index in [0.717, 1.165) is 6.26 Å². The molecular weight excluding hydrogens is 208 g/mol. The zero-order valence-electron chi connectivity index (χ0n) is 8.44. The Bertz CT molecular complexity index is 317. The van der Waals surface area contributed by atoms with Gasteiger partial charge in [-0.25, -0.2) is 4.79 Å². The molecule has 82 valence electrons. The van der Waals surface area contributed by atoms with Gasteiger partial charge in [-0.05, 0) is 13.8 Å². The molecule has 6 heteroatoms. The van der Waals surface area contributed by atoms with Crippen molar-refractivity contribution in [1.29, 1.82) is 0 Å². The van der Waals surface area contributed by atoms with Crippen LogP contribution in [0.15, 0.2) is 12.2 Å². The standard InChI is InChI=1S/C8H14O5S/c1-5-12-8(9)6(2)7(3)13-14(4,10)11/h7H,2,5H2,1,3-4H3. The van der Waals surface area contributed by atoms with Gasteiger partial charge in [0.05, 0.1) is 18.4 Å². The van der Waals surface area contributed by atoms with Crippen LogP contribution < -0.4 is 0 Å². The second kappa shape index (κ2) is 5.11. The summed E-state index contributed by atoms with van der Waals surface area (Å²) in [4.78, 5) is 11.1. The van der Waals surface area contributed by atoms with E-state index in [-0.39, 0.29) is 12.2 Å². The zero-order valence-corrected chi connectivity index (χ0v) is 9.26. The molecule has 0 spiro atoms. The van der Waals surface area contributed by atoms with Gasteiger partial charge in [0.2, 0.25) is 0 Å². The third-order valence-corrected chi connectivity index (χ3v) is 1.99. The molecule has 5 nitrogen and oxygen atoms in total. The Labute approximate surface area is 83.8 Å². The monoisotopic (exact) mass is 222 g/mol. The van der Waals surface area contributed by atoms with Crippen molar-refractivity contribution >= 4 is 16.1 Å². The summed E-state index contributed by atoms with van der Waals surface area (Å²) in [5, 5.41) is 0. The minimum atomic E-state index is -3.59. The highest BCUT2D eigenvalue weighted by molar-refractivity contribution is 7.86. The summed E-state index contributed by atoms with van der Waals surface area (Å²) in [5.41, 5.74) is -0.0164. The molecule has 1 unspecified atom stereocenters. The van der Waals surface area contributed by atoms with Crippen LogP contribution in [0.25, 0.3) is 0 Å². The number of esters is 1. The Morgan fingerprint density at radius 3 is 2.36 bits per heavy atom. The molecule has 0 aliphatic heterocycles. The smallest absolute Gasteiger partial charge is 0.336 e. The van der Waals surface area contributed by atoms with Gasteiger partial charge in [0.1, 0.15) is 6.10 Å². The Hall–Kier alpha value is -0.880. The molecule has 0 rings (SSSR count). The maximum atomic E-state index is 11.1. The lowest BCUT2D eigenvalue weighted by atomic mass is 10.2. The van der Waals surface area contributed by atoms with Crippen LogP contribution in [0.3, 0.4) is 0 Å². The minimum absolute atomic E-state index is 0.0164. The van der Waals surface area contributed by atoms with Crippen molar-refractivity contribution in [2.24, 2.45) is 0 Å². The van der Waals surface area contributed by atoms with Gasteiger partial charge in [0.25, 0.3) is 10.1 Å². The molecule has 0 heterocycles. The molecule has 0 N–H and O–H groups in total. The minimum Gasteiger partial charge on any atom is -0.463 e. The highest BCUT2D eigenvalue weighted by Crippen LogP contribution is 2.08. The number of rotatable bonds is 5. The van der Waals surface area contributed by atoms with Crippen molar-refractivity contribution in [3.8, 4) is 0 Å². The van der Waals surface area contributed by atoms with E-state index in [0.29, 0.717) is 0 Å². The first kappa shape index (κ1) is 13.1. The van der Waals surface area contributed by atoms with Gasteiger partial charge < -0.3 is 4.74 Å². The van der Waals surface area contributed by atoms with E-state index < -0.39 is 22.2 Å². The van der Waals surface area contributed by atoms with Crippen molar-refractivity contribution in [1.82, 2.24) is 0 Å². The summed E-state index contributed by atoms with van der Waals surface area (Å²) in [7, 11) is -3.59. The van der Waals surface area contributed by atoms with E-state index in [4.69, 9.17) is 0 Å². The zero-order chi connectivity index (χ0) is 11.4. The van der Waals surface area contributed by atoms with Crippen molar-refractivity contribution in [2.45, 2.75) is 20.0 Å². The topological polar surface area (TPSA) is 69.7 Å². The summed E-state index contributed by atoms with van der Waals surface area (Å²) in [6.45, 7) is 6.67. The van der Waals surface area contributed by atoms with Crippen LogP contribution in [0.1, 0.15) is 13.8 Å². The molecule has 0 saturated heterocycles. The van der Waals surface area contributed by atoms with Gasteiger partial charge >= 0.3 is 5.97 Å². The Morgan fingerprint density at radius 2 is 2.00 bits per heavy atom. The molecule has 0 aromatic carbocycles. The largest absolute Gasteiger partial charge is 0.463 e. The molecular formula is C8H14O5S. The van der Waals surface area contributed by atoms with Crippen LogP contribution >= 0.6 is 0 Å². The molecule has 14 heavy (non-hydrogen) atoms. The molecule has 0 amide bonds. The fraction of sp³-hybridized carbons (Fsp3) is 0.625.